The van der Waals surface area contributed by atoms with Crippen LogP contribution < -0.4 is 10.2 Å². The number of halogens is 1. The van der Waals surface area contributed by atoms with Crippen LogP contribution in [0.1, 0.15) is 69.0 Å². The molecule has 1 amide bonds. The molecular formula is C31H38FN5O2. The van der Waals surface area contributed by atoms with E-state index < -0.39 is 0 Å². The quantitative estimate of drug-likeness (QED) is 0.521. The topological polar surface area (TPSA) is 83.1 Å². The van der Waals surface area contributed by atoms with Gasteiger partial charge in [0.1, 0.15) is 11.6 Å². The van der Waals surface area contributed by atoms with Gasteiger partial charge in [0.05, 0.1) is 30.8 Å². The van der Waals surface area contributed by atoms with Gasteiger partial charge in [-0.15, -0.1) is 0 Å². The number of carbonyl (C=O) groups excluding carboxylic acids is 1. The maximum Gasteiger partial charge on any atom is 0.225 e. The molecule has 0 radical (unpaired) electrons. The second-order valence-electron chi connectivity index (χ2n) is 12.4. The number of H-pyrrole nitrogens is 1. The molecule has 1 saturated heterocycles. The van der Waals surface area contributed by atoms with Gasteiger partial charge < -0.3 is 15.0 Å². The minimum Gasteiger partial charge on any atom is -0.378 e. The molecule has 39 heavy (non-hydrogen) atoms. The Hall–Kier alpha value is -3.00. The van der Waals surface area contributed by atoms with Crippen LogP contribution in [0.5, 0.6) is 0 Å². The predicted octanol–water partition coefficient (Wildman–Crippen LogP) is 5.65. The first-order valence-electron chi connectivity index (χ1n) is 14.7. The van der Waals surface area contributed by atoms with E-state index in [1.165, 1.54) is 16.8 Å². The summed E-state index contributed by atoms with van der Waals surface area (Å²) in [5.74, 6) is 2.82. The number of nitrogens with zero attached hydrogens (tertiary/aromatic N) is 3. The number of nitrogens with one attached hydrogen (secondary N) is 2. The predicted molar refractivity (Wildman–Crippen MR) is 148 cm³/mol. The first-order valence-corrected chi connectivity index (χ1v) is 14.7. The molecule has 0 aromatic carbocycles. The molecule has 8 heteroatoms. The number of carbonyl (C=O) groups is 1. The molecule has 3 heterocycles. The number of ether oxygens (including phenoxy) is 1. The minimum atomic E-state index is 0.00643. The number of amides is 1. The number of hydrogen-bond donors (Lipinski definition) is 2. The third-order valence-electron chi connectivity index (χ3n) is 10.5. The fraction of sp³-hybridized carbons (Fsp3) is 0.581. The smallest absolute Gasteiger partial charge is 0.225 e. The third-order valence-corrected chi connectivity index (χ3v) is 10.5. The monoisotopic (exact) mass is 531 g/mol. The Morgan fingerprint density at radius 2 is 2.10 bits per heavy atom. The Morgan fingerprint density at radius 1 is 1.23 bits per heavy atom. The van der Waals surface area contributed by atoms with E-state index in [2.05, 4.69) is 39.5 Å². The maximum absolute atomic E-state index is 14.0. The number of morpholine rings is 1. The van der Waals surface area contributed by atoms with Gasteiger partial charge in [-0.25, -0.2) is 9.37 Å². The van der Waals surface area contributed by atoms with Crippen LogP contribution in [0.3, 0.4) is 0 Å². The lowest BCUT2D eigenvalue weighted by Crippen LogP contribution is -2.47. The van der Waals surface area contributed by atoms with Crippen LogP contribution in [0.25, 0.3) is 0 Å². The van der Waals surface area contributed by atoms with Crippen LogP contribution in [-0.2, 0) is 14.9 Å². The lowest BCUT2D eigenvalue weighted by atomic mass is 9.51. The molecule has 0 bridgehead atoms. The van der Waals surface area contributed by atoms with Crippen LogP contribution in [0.2, 0.25) is 0 Å². The van der Waals surface area contributed by atoms with Crippen molar-refractivity contribution >= 4 is 17.4 Å². The van der Waals surface area contributed by atoms with E-state index in [1.54, 1.807) is 6.08 Å². The summed E-state index contributed by atoms with van der Waals surface area (Å²) in [6, 6.07) is 3.91. The highest BCUT2D eigenvalue weighted by Crippen LogP contribution is 2.65. The number of hydrogen-bond acceptors (Lipinski definition) is 5. The molecule has 206 valence electrons. The summed E-state index contributed by atoms with van der Waals surface area (Å²) in [5.41, 5.74) is 5.07. The molecule has 7 nitrogen and oxygen atoms in total. The molecule has 2 aromatic heterocycles. The van der Waals surface area contributed by atoms with Gasteiger partial charge in [-0.1, -0.05) is 18.6 Å². The number of allylic oxidation sites excluding steroid dienone is 4. The Labute approximate surface area is 229 Å². The molecule has 0 spiro atoms. The van der Waals surface area contributed by atoms with Gasteiger partial charge in [-0.2, -0.15) is 5.10 Å². The highest BCUT2D eigenvalue weighted by atomic mass is 19.1. The molecule has 4 aliphatic carbocycles. The molecular weight excluding hydrogens is 493 g/mol. The van der Waals surface area contributed by atoms with E-state index in [4.69, 9.17) is 9.84 Å². The summed E-state index contributed by atoms with van der Waals surface area (Å²) in [6.45, 7) is 5.58. The molecule has 2 aromatic rings. The average molecular weight is 532 g/mol. The second kappa shape index (κ2) is 9.88. The lowest BCUT2D eigenvalue weighted by Gasteiger charge is -2.53. The molecule has 5 aliphatic rings. The zero-order valence-corrected chi connectivity index (χ0v) is 22.7. The van der Waals surface area contributed by atoms with Crippen LogP contribution in [0.4, 0.5) is 15.9 Å². The van der Waals surface area contributed by atoms with Crippen LogP contribution >= 0.6 is 0 Å². The van der Waals surface area contributed by atoms with Gasteiger partial charge >= 0.3 is 0 Å². The fourth-order valence-electron chi connectivity index (χ4n) is 8.73. The molecule has 3 fully saturated rings. The summed E-state index contributed by atoms with van der Waals surface area (Å²) in [5, 5.41) is 10.9. The van der Waals surface area contributed by atoms with Crippen molar-refractivity contribution in [1.82, 2.24) is 15.2 Å². The number of fused-ring (bicyclic) bond motifs is 7. The molecule has 2 saturated carbocycles. The molecule has 2 N–H and O–H groups in total. The Balaban J connectivity index is 1.06. The Morgan fingerprint density at radius 3 is 2.92 bits per heavy atom. The van der Waals surface area contributed by atoms with Crippen molar-refractivity contribution in [1.29, 1.82) is 0 Å². The van der Waals surface area contributed by atoms with Gasteiger partial charge in [0.15, 0.2) is 0 Å². The van der Waals surface area contributed by atoms with Gasteiger partial charge in [0, 0.05) is 37.5 Å². The highest BCUT2D eigenvalue weighted by molar-refractivity contribution is 5.89. The van der Waals surface area contributed by atoms with Crippen LogP contribution in [0.15, 0.2) is 48.1 Å². The maximum atomic E-state index is 14.0. The summed E-state index contributed by atoms with van der Waals surface area (Å²) in [7, 11) is 0. The lowest BCUT2D eigenvalue weighted by molar-refractivity contribution is -0.116. The minimum absolute atomic E-state index is 0.00643. The fourth-order valence-corrected chi connectivity index (χ4v) is 8.73. The largest absolute Gasteiger partial charge is 0.378 e. The van der Waals surface area contributed by atoms with Crippen molar-refractivity contribution in [3.8, 4) is 0 Å². The Kier molecular flexibility index (Phi) is 6.33. The molecule has 4 unspecified atom stereocenters. The standard InChI is InChI=1S/C31H38FN5O2/c1-31-11-10-23-22-6-3-20(32)16-19(22)2-5-24(23)29(31)25(26-18-34-36-30(26)31)7-9-28(38)35-27-8-4-21(17-33-27)37-12-14-39-15-13-37/h3-4,6,8,17-19,23-25,29H,2,5,7,9-16H2,1H3,(H,34,36)(H,33,35,38)/t19?,23?,24?,25-,29?,31+/m1/s1. The van der Waals surface area contributed by atoms with Crippen molar-refractivity contribution in [3.63, 3.8) is 0 Å². The van der Waals surface area contributed by atoms with E-state index in [1.807, 2.05) is 18.3 Å². The summed E-state index contributed by atoms with van der Waals surface area (Å²) < 4.78 is 19.5. The van der Waals surface area contributed by atoms with Gasteiger partial charge in [0.2, 0.25) is 5.91 Å². The Bertz CT molecular complexity index is 1300. The number of aromatic nitrogens is 3. The van der Waals surface area contributed by atoms with Crippen molar-refractivity contribution in [2.24, 2.45) is 23.7 Å². The van der Waals surface area contributed by atoms with Crippen molar-refractivity contribution in [3.05, 3.63) is 59.3 Å². The number of rotatable bonds is 5. The van der Waals surface area contributed by atoms with Gasteiger partial charge in [-0.3, -0.25) is 9.89 Å². The molecule has 1 aliphatic heterocycles. The SMILES string of the molecule is C[C@]12CCC3C4=CC=C(F)CC4CCC3C1[C@H](CCC(=O)Nc1ccc(N3CCOCC3)cn1)c1c[nH]nc12. The zero-order valence-electron chi connectivity index (χ0n) is 22.7. The zero-order chi connectivity index (χ0) is 26.6. The first kappa shape index (κ1) is 25.0. The van der Waals surface area contributed by atoms with Crippen LogP contribution in [-0.4, -0.2) is 47.4 Å². The number of pyridine rings is 1. The average Bonchev–Trinajstić information content (AvgIpc) is 3.53. The van der Waals surface area contributed by atoms with E-state index >= 15 is 0 Å². The van der Waals surface area contributed by atoms with E-state index in [9.17, 15) is 9.18 Å². The third kappa shape index (κ3) is 4.31. The van der Waals surface area contributed by atoms with Crippen molar-refractivity contribution in [2.75, 3.05) is 36.5 Å². The number of aromatic amines is 1. The normalized spacial score (nSPS) is 33.3. The number of anilines is 2. The second-order valence-corrected chi connectivity index (χ2v) is 12.4. The molecule has 6 atom stereocenters. The van der Waals surface area contributed by atoms with Gasteiger partial charge in [-0.05, 0) is 85.5 Å². The van der Waals surface area contributed by atoms with E-state index in [0.29, 0.717) is 48.2 Å². The summed E-state index contributed by atoms with van der Waals surface area (Å²) >= 11 is 0. The van der Waals surface area contributed by atoms with E-state index in [-0.39, 0.29) is 17.1 Å². The van der Waals surface area contributed by atoms with E-state index in [0.717, 1.165) is 64.1 Å². The van der Waals surface area contributed by atoms with Crippen LogP contribution in [0, 0.1) is 23.7 Å². The van der Waals surface area contributed by atoms with Crippen molar-refractivity contribution < 1.29 is 13.9 Å². The summed E-state index contributed by atoms with van der Waals surface area (Å²) in [6.07, 6.45) is 13.9. The highest BCUT2D eigenvalue weighted by Gasteiger charge is 2.58. The molecule has 7 rings (SSSR count). The summed E-state index contributed by atoms with van der Waals surface area (Å²) in [4.78, 5) is 19.9. The van der Waals surface area contributed by atoms with Crippen molar-refractivity contribution in [2.45, 2.75) is 63.2 Å². The first-order chi connectivity index (χ1) is 19.0. The van der Waals surface area contributed by atoms with Gasteiger partial charge in [0.25, 0.3) is 0 Å².